The quantitative estimate of drug-likeness (QED) is 0.715. The van der Waals surface area contributed by atoms with Gasteiger partial charge in [0.25, 0.3) is 0 Å². The van der Waals surface area contributed by atoms with Gasteiger partial charge in [0.1, 0.15) is 11.5 Å². The van der Waals surface area contributed by atoms with Crippen LogP contribution in [0.25, 0.3) is 0 Å². The van der Waals surface area contributed by atoms with E-state index in [-0.39, 0.29) is 5.75 Å². The molecule has 1 aliphatic carbocycles. The topological polar surface area (TPSA) is 89.5 Å². The van der Waals surface area contributed by atoms with E-state index in [2.05, 4.69) is 4.52 Å². The van der Waals surface area contributed by atoms with Crippen molar-refractivity contribution in [2.45, 2.75) is 19.3 Å². The minimum Gasteiger partial charge on any atom is -0.765 e. The summed E-state index contributed by atoms with van der Waals surface area (Å²) in [5.41, 5.74) is -0.0367. The molecular weight excluding hydrogens is 231 g/mol. The van der Waals surface area contributed by atoms with Crippen LogP contribution in [-0.4, -0.2) is 5.71 Å². The Morgan fingerprint density at radius 1 is 1.31 bits per heavy atom. The molecule has 0 spiro atoms. The summed E-state index contributed by atoms with van der Waals surface area (Å²) >= 11 is 0. The van der Waals surface area contributed by atoms with Crippen LogP contribution in [0.3, 0.4) is 0 Å². The first-order valence-electron chi connectivity index (χ1n) is 4.83. The van der Waals surface area contributed by atoms with Gasteiger partial charge in [0.15, 0.2) is 0 Å². The third-order valence-corrected chi connectivity index (χ3v) is 3.42. The van der Waals surface area contributed by atoms with Gasteiger partial charge in [0, 0.05) is 0 Å². The van der Waals surface area contributed by atoms with E-state index in [9.17, 15) is 19.4 Å². The maximum Gasteiger partial charge on any atom is 0.229 e. The molecule has 6 heteroatoms. The number of benzene rings is 1. The van der Waals surface area contributed by atoms with Crippen LogP contribution in [0.2, 0.25) is 0 Å². The monoisotopic (exact) mass is 240 g/mol. The first-order chi connectivity index (χ1) is 7.49. The molecule has 1 atom stereocenters. The number of carbonyl (C=O) groups is 1. The Hall–Kier alpha value is -1.32. The normalized spacial score (nSPS) is 17.6. The maximum atomic E-state index is 10.9. The van der Waals surface area contributed by atoms with Crippen LogP contribution < -0.4 is 14.5 Å². The molecule has 16 heavy (non-hydrogen) atoms. The van der Waals surface area contributed by atoms with Gasteiger partial charge in [0.2, 0.25) is 7.60 Å². The van der Waals surface area contributed by atoms with E-state index >= 15 is 0 Å². The van der Waals surface area contributed by atoms with Crippen molar-refractivity contribution >= 4 is 13.3 Å². The van der Waals surface area contributed by atoms with Crippen molar-refractivity contribution in [1.82, 2.24) is 0 Å². The number of rotatable bonds is 3. The minimum absolute atomic E-state index is 0.0307. The van der Waals surface area contributed by atoms with Crippen molar-refractivity contribution in [2.24, 2.45) is 0 Å². The second-order valence-electron chi connectivity index (χ2n) is 3.64. The van der Waals surface area contributed by atoms with Gasteiger partial charge in [-0.2, -0.15) is 0 Å². The predicted molar refractivity (Wildman–Crippen MR) is 52.1 cm³/mol. The van der Waals surface area contributed by atoms with Crippen LogP contribution in [0.1, 0.15) is 17.5 Å². The average molecular weight is 240 g/mol. The third kappa shape index (κ3) is 2.10. The van der Waals surface area contributed by atoms with Crippen LogP contribution in [0.15, 0.2) is 18.2 Å². The summed E-state index contributed by atoms with van der Waals surface area (Å²) in [6, 6.07) is 4.78. The number of fused-ring (bicyclic) bond motifs is 1. The third-order valence-electron chi connectivity index (χ3n) is 2.52. The first-order valence-corrected chi connectivity index (χ1v) is 6.37. The van der Waals surface area contributed by atoms with Gasteiger partial charge in [-0.1, -0.05) is 6.07 Å². The van der Waals surface area contributed by atoms with Crippen LogP contribution >= 0.6 is 7.60 Å². The highest BCUT2D eigenvalue weighted by atomic mass is 31.2. The van der Waals surface area contributed by atoms with Crippen LogP contribution in [0.5, 0.6) is 5.75 Å². The highest BCUT2D eigenvalue weighted by Gasteiger charge is 2.15. The van der Waals surface area contributed by atoms with Crippen molar-refractivity contribution in [2.75, 3.05) is 0 Å². The maximum absolute atomic E-state index is 10.9. The van der Waals surface area contributed by atoms with E-state index in [1.165, 1.54) is 6.07 Å². The van der Waals surface area contributed by atoms with E-state index in [1.54, 1.807) is 12.1 Å². The number of hydrogen-bond acceptors (Lipinski definition) is 5. The summed E-state index contributed by atoms with van der Waals surface area (Å²) in [4.78, 5) is 21.2. The van der Waals surface area contributed by atoms with Gasteiger partial charge in [-0.25, -0.2) is 0 Å². The van der Waals surface area contributed by atoms with Crippen LogP contribution in [0.4, 0.5) is 4.79 Å². The smallest absolute Gasteiger partial charge is 0.229 e. The van der Waals surface area contributed by atoms with Crippen molar-refractivity contribution in [3.05, 3.63) is 29.3 Å². The van der Waals surface area contributed by atoms with E-state index in [1.807, 2.05) is 0 Å². The van der Waals surface area contributed by atoms with Gasteiger partial charge < -0.3 is 19.3 Å². The van der Waals surface area contributed by atoms with Gasteiger partial charge in [-0.05, 0) is 42.5 Å². The molecule has 0 N–H and O–H groups in total. The van der Waals surface area contributed by atoms with Crippen molar-refractivity contribution in [3.63, 3.8) is 0 Å². The zero-order chi connectivity index (χ0) is 11.8. The molecule has 0 saturated carbocycles. The molecule has 0 aliphatic heterocycles. The Bertz CT molecular complexity index is 482. The fourth-order valence-electron chi connectivity index (χ4n) is 1.78. The minimum atomic E-state index is -4.96. The zero-order valence-corrected chi connectivity index (χ0v) is 9.24. The molecule has 0 aromatic heterocycles. The highest BCUT2D eigenvalue weighted by molar-refractivity contribution is 7.69. The Balaban J connectivity index is 2.23. The summed E-state index contributed by atoms with van der Waals surface area (Å²) in [6.45, 7) is 0. The highest BCUT2D eigenvalue weighted by Crippen LogP contribution is 2.39. The van der Waals surface area contributed by atoms with Gasteiger partial charge >= 0.3 is 0 Å². The summed E-state index contributed by atoms with van der Waals surface area (Å²) in [5.74, 6) is 0.0307. The van der Waals surface area contributed by atoms with Crippen LogP contribution in [-0.2, 0) is 17.4 Å². The fourth-order valence-corrected chi connectivity index (χ4v) is 2.25. The van der Waals surface area contributed by atoms with Gasteiger partial charge in [0.05, 0.1) is 0 Å². The standard InChI is InChI=1S/C10H11O5P/c11-10(12)16(13,14)15-9-5-4-7-2-1-3-8(7)6-9/h4-6H,1-3H2,(H,11,12)(H,13,14)/p-2. The van der Waals surface area contributed by atoms with E-state index in [4.69, 9.17) is 0 Å². The Morgan fingerprint density at radius 2 is 2.00 bits per heavy atom. The predicted octanol–water partition coefficient (Wildman–Crippen LogP) is 0.451. The number of aryl methyl sites for hydroxylation is 2. The van der Waals surface area contributed by atoms with E-state index < -0.39 is 13.3 Å². The lowest BCUT2D eigenvalue weighted by Crippen LogP contribution is -2.28. The van der Waals surface area contributed by atoms with Crippen molar-refractivity contribution in [1.29, 1.82) is 0 Å². The Kier molecular flexibility index (Phi) is 2.74. The van der Waals surface area contributed by atoms with Crippen LogP contribution in [0, 0.1) is 0 Å². The molecule has 0 saturated heterocycles. The second kappa shape index (κ2) is 3.92. The van der Waals surface area contributed by atoms with E-state index in [0.717, 1.165) is 30.4 Å². The summed E-state index contributed by atoms with van der Waals surface area (Å²) in [6.07, 6.45) is 2.85. The van der Waals surface area contributed by atoms with Crippen molar-refractivity contribution < 1.29 is 23.9 Å². The summed E-state index contributed by atoms with van der Waals surface area (Å²) in [7, 11) is -4.96. The van der Waals surface area contributed by atoms with Gasteiger partial charge in [-0.15, -0.1) is 0 Å². The average Bonchev–Trinajstić information content (AvgIpc) is 2.63. The lowest BCUT2D eigenvalue weighted by molar-refractivity contribution is -0.254. The van der Waals surface area contributed by atoms with E-state index in [0.29, 0.717) is 0 Å². The molecule has 0 fully saturated rings. The second-order valence-corrected chi connectivity index (χ2v) is 5.18. The summed E-state index contributed by atoms with van der Waals surface area (Å²) in [5, 5.41) is 10.2. The molecule has 0 radical (unpaired) electrons. The molecule has 1 aromatic rings. The molecule has 1 aromatic carbocycles. The molecule has 5 nitrogen and oxygen atoms in total. The Morgan fingerprint density at radius 3 is 2.69 bits per heavy atom. The number of carbonyl (C=O) groups excluding carboxylic acids is 1. The lowest BCUT2D eigenvalue weighted by Gasteiger charge is -2.24. The number of hydrogen-bond donors (Lipinski definition) is 0. The molecule has 1 unspecified atom stereocenters. The molecular formula is C10H9O5P-2. The van der Waals surface area contributed by atoms with Gasteiger partial charge in [-0.3, -0.25) is 4.57 Å². The fraction of sp³-hybridized carbons (Fsp3) is 0.300. The molecule has 86 valence electrons. The zero-order valence-electron chi connectivity index (χ0n) is 8.34. The SMILES string of the molecule is O=C([O-])P(=O)([O-])Oc1ccc2c(c1)CCC2. The number of carboxylic acid groups (broad SMARTS) is 1. The summed E-state index contributed by atoms with van der Waals surface area (Å²) < 4.78 is 15.4. The molecule has 0 heterocycles. The first kappa shape index (κ1) is 11.2. The van der Waals surface area contributed by atoms with Crippen molar-refractivity contribution in [3.8, 4) is 5.75 Å². The molecule has 2 rings (SSSR count). The molecule has 1 aliphatic rings. The molecule has 0 bridgehead atoms. The Labute approximate surface area is 92.2 Å². The molecule has 0 amide bonds. The lowest BCUT2D eigenvalue weighted by atomic mass is 10.1. The largest absolute Gasteiger partial charge is 0.765 e.